The molecule has 0 atom stereocenters. The number of hydrogen-bond donors (Lipinski definition) is 0. The highest BCUT2D eigenvalue weighted by Gasteiger charge is 1.91. The van der Waals surface area contributed by atoms with E-state index in [4.69, 9.17) is 5.26 Å². The summed E-state index contributed by atoms with van der Waals surface area (Å²) in [5.41, 5.74) is 0. The van der Waals surface area contributed by atoms with Crippen LogP contribution < -0.4 is 0 Å². The fourth-order valence-electron chi connectivity index (χ4n) is 0.248. The maximum absolute atomic E-state index is 8.09. The minimum atomic E-state index is 0.678. The van der Waals surface area contributed by atoms with E-state index in [0.29, 0.717) is 5.03 Å². The van der Waals surface area contributed by atoms with Crippen molar-refractivity contribution in [2.75, 3.05) is 0 Å². The lowest BCUT2D eigenvalue weighted by atomic mass is 11.0. The molecule has 0 N–H and O–H groups in total. The molecule has 0 saturated carbocycles. The Kier molecular flexibility index (Phi) is 1.83. The monoisotopic (exact) mass is 143 g/mol. The van der Waals surface area contributed by atoms with E-state index < -0.39 is 0 Å². The summed E-state index contributed by atoms with van der Waals surface area (Å²) in [6, 6.07) is 0. The maximum Gasteiger partial charge on any atom is 0.144 e. The zero-order valence-electron chi connectivity index (χ0n) is 3.74. The quantitative estimate of drug-likeness (QED) is 0.436. The van der Waals surface area contributed by atoms with Gasteiger partial charge in [0.25, 0.3) is 0 Å². The van der Waals surface area contributed by atoms with Crippen LogP contribution in [-0.4, -0.2) is 8.75 Å². The van der Waals surface area contributed by atoms with E-state index in [-0.39, 0.29) is 0 Å². The van der Waals surface area contributed by atoms with Crippen molar-refractivity contribution >= 4 is 23.5 Å². The van der Waals surface area contributed by atoms with Crippen molar-refractivity contribution in [1.82, 2.24) is 8.75 Å². The molecule has 0 aromatic carbocycles. The molecule has 1 aromatic rings. The third-order valence-corrected chi connectivity index (χ3v) is 1.58. The largest absolute Gasteiger partial charge is 0.185 e. The second-order valence-corrected chi connectivity index (χ2v) is 2.30. The summed E-state index contributed by atoms with van der Waals surface area (Å²) in [4.78, 5) is 0. The molecule has 0 fully saturated rings. The average molecular weight is 143 g/mol. The molecular formula is C3HN3S2. The fraction of sp³-hybridized carbons (Fsp3) is 0. The van der Waals surface area contributed by atoms with Gasteiger partial charge in [-0.3, -0.25) is 0 Å². The summed E-state index contributed by atoms with van der Waals surface area (Å²) >= 11 is 2.13. The van der Waals surface area contributed by atoms with Crippen molar-refractivity contribution in [1.29, 1.82) is 5.26 Å². The molecule has 0 spiro atoms. The molecule has 0 aliphatic heterocycles. The zero-order chi connectivity index (χ0) is 5.82. The van der Waals surface area contributed by atoms with Gasteiger partial charge in [-0.2, -0.15) is 14.0 Å². The van der Waals surface area contributed by atoms with Gasteiger partial charge in [0, 0.05) is 11.8 Å². The SMILES string of the molecule is N#CSc1cnsn1. The molecule has 0 aliphatic carbocycles. The number of hydrogen-bond acceptors (Lipinski definition) is 5. The van der Waals surface area contributed by atoms with Gasteiger partial charge in [-0.1, -0.05) is 0 Å². The molecule has 0 aliphatic rings. The minimum Gasteiger partial charge on any atom is -0.185 e. The van der Waals surface area contributed by atoms with Crippen LogP contribution in [0.25, 0.3) is 0 Å². The number of rotatable bonds is 1. The molecule has 3 nitrogen and oxygen atoms in total. The minimum absolute atomic E-state index is 0.678. The molecule has 1 rings (SSSR count). The lowest BCUT2D eigenvalue weighted by molar-refractivity contribution is 1.27. The topological polar surface area (TPSA) is 49.6 Å². The Bertz CT molecular complexity index is 187. The summed E-state index contributed by atoms with van der Waals surface area (Å²) in [6.07, 6.45) is 1.57. The third kappa shape index (κ3) is 1.18. The van der Waals surface area contributed by atoms with E-state index in [9.17, 15) is 0 Å². The Balaban J connectivity index is 2.67. The molecule has 0 bridgehead atoms. The molecule has 0 saturated heterocycles. The second-order valence-electron chi connectivity index (χ2n) is 0.939. The predicted octanol–water partition coefficient (Wildman–Crippen LogP) is 1.11. The highest BCUT2D eigenvalue weighted by Crippen LogP contribution is 2.11. The van der Waals surface area contributed by atoms with Crippen LogP contribution in [0.2, 0.25) is 0 Å². The van der Waals surface area contributed by atoms with Gasteiger partial charge in [-0.25, -0.2) is 0 Å². The summed E-state index contributed by atoms with van der Waals surface area (Å²) in [5, 5.41) is 10.7. The molecule has 0 radical (unpaired) electrons. The summed E-state index contributed by atoms with van der Waals surface area (Å²) < 4.78 is 7.48. The molecule has 1 heterocycles. The summed E-state index contributed by atoms with van der Waals surface area (Å²) in [5.74, 6) is 0. The van der Waals surface area contributed by atoms with Crippen LogP contribution in [0.15, 0.2) is 11.2 Å². The van der Waals surface area contributed by atoms with Crippen LogP contribution in [-0.2, 0) is 0 Å². The number of nitriles is 1. The molecule has 8 heavy (non-hydrogen) atoms. The van der Waals surface area contributed by atoms with Crippen molar-refractivity contribution in [2.45, 2.75) is 5.03 Å². The zero-order valence-corrected chi connectivity index (χ0v) is 5.37. The van der Waals surface area contributed by atoms with E-state index in [1.54, 1.807) is 6.20 Å². The van der Waals surface area contributed by atoms with Crippen LogP contribution in [0.4, 0.5) is 0 Å². The Labute approximate surface area is 54.7 Å². The van der Waals surface area contributed by atoms with Crippen molar-refractivity contribution in [3.05, 3.63) is 6.20 Å². The van der Waals surface area contributed by atoms with E-state index in [1.165, 1.54) is 0 Å². The third-order valence-electron chi connectivity index (χ3n) is 0.491. The smallest absolute Gasteiger partial charge is 0.144 e. The van der Waals surface area contributed by atoms with Crippen LogP contribution in [0.1, 0.15) is 0 Å². The van der Waals surface area contributed by atoms with Crippen LogP contribution in [0.5, 0.6) is 0 Å². The molecule has 1 aromatic heterocycles. The Morgan fingerprint density at radius 3 is 3.25 bits per heavy atom. The van der Waals surface area contributed by atoms with Gasteiger partial charge in [-0.15, -0.1) is 0 Å². The molecule has 5 heteroatoms. The van der Waals surface area contributed by atoms with Gasteiger partial charge >= 0.3 is 0 Å². The Hall–Kier alpha value is -0.600. The standard InChI is InChI=1S/C3HN3S2/c4-2-7-3-1-5-8-6-3/h1H. The highest BCUT2D eigenvalue weighted by atomic mass is 32.2. The number of aromatic nitrogens is 2. The first-order valence-corrected chi connectivity index (χ1v) is 3.31. The highest BCUT2D eigenvalue weighted by molar-refractivity contribution is 8.03. The average Bonchev–Trinajstić information content (AvgIpc) is 2.19. The Morgan fingerprint density at radius 2 is 2.75 bits per heavy atom. The van der Waals surface area contributed by atoms with Gasteiger partial charge in [-0.05, 0) is 0 Å². The van der Waals surface area contributed by atoms with E-state index in [2.05, 4.69) is 8.75 Å². The van der Waals surface area contributed by atoms with Crippen LogP contribution in [0.3, 0.4) is 0 Å². The normalized spacial score (nSPS) is 8.38. The molecular weight excluding hydrogens is 142 g/mol. The van der Waals surface area contributed by atoms with Crippen LogP contribution in [0, 0.1) is 10.7 Å². The lowest BCUT2D eigenvalue weighted by Gasteiger charge is -1.71. The van der Waals surface area contributed by atoms with E-state index >= 15 is 0 Å². The van der Waals surface area contributed by atoms with Crippen molar-refractivity contribution in [2.24, 2.45) is 0 Å². The maximum atomic E-state index is 8.09. The van der Waals surface area contributed by atoms with Gasteiger partial charge in [0.15, 0.2) is 0 Å². The number of thioether (sulfide) groups is 1. The van der Waals surface area contributed by atoms with Gasteiger partial charge in [0.05, 0.1) is 17.9 Å². The predicted molar refractivity (Wildman–Crippen MR) is 31.4 cm³/mol. The van der Waals surface area contributed by atoms with Crippen LogP contribution >= 0.6 is 23.5 Å². The molecule has 40 valence electrons. The summed E-state index contributed by atoms with van der Waals surface area (Å²) in [7, 11) is 0. The summed E-state index contributed by atoms with van der Waals surface area (Å²) in [6.45, 7) is 0. The van der Waals surface area contributed by atoms with Crippen molar-refractivity contribution in [3.63, 3.8) is 0 Å². The van der Waals surface area contributed by atoms with Gasteiger partial charge in [0.1, 0.15) is 10.4 Å². The van der Waals surface area contributed by atoms with Crippen molar-refractivity contribution < 1.29 is 0 Å². The number of thiocyanates is 1. The first kappa shape index (κ1) is 5.54. The number of nitrogens with zero attached hydrogens (tertiary/aromatic N) is 3. The van der Waals surface area contributed by atoms with E-state index in [1.807, 2.05) is 5.40 Å². The lowest BCUT2D eigenvalue weighted by Crippen LogP contribution is -1.58. The van der Waals surface area contributed by atoms with E-state index in [0.717, 1.165) is 23.5 Å². The molecule has 0 unspecified atom stereocenters. The fourth-order valence-corrected chi connectivity index (χ4v) is 1.08. The van der Waals surface area contributed by atoms with Gasteiger partial charge < -0.3 is 0 Å². The molecule has 0 amide bonds. The first-order chi connectivity index (χ1) is 3.93. The Morgan fingerprint density at radius 1 is 1.88 bits per heavy atom. The van der Waals surface area contributed by atoms with Crippen molar-refractivity contribution in [3.8, 4) is 5.40 Å². The van der Waals surface area contributed by atoms with Gasteiger partial charge in [0.2, 0.25) is 0 Å². The first-order valence-electron chi connectivity index (χ1n) is 1.77. The second kappa shape index (κ2) is 2.64.